The fraction of sp³-hybridized carbons (Fsp3) is 0.321. The van der Waals surface area contributed by atoms with Crippen LogP contribution in [0.25, 0.3) is 16.9 Å². The quantitative estimate of drug-likeness (QED) is 0.373. The summed E-state index contributed by atoms with van der Waals surface area (Å²) in [5.74, 6) is 0.408. The van der Waals surface area contributed by atoms with Crippen LogP contribution in [0.5, 0.6) is 0 Å². The number of amides is 1. The number of aromatic nitrogens is 3. The topological polar surface area (TPSA) is 94.8 Å². The summed E-state index contributed by atoms with van der Waals surface area (Å²) >= 11 is 0. The number of nitrogens with one attached hydrogen (secondary N) is 2. The third-order valence-corrected chi connectivity index (χ3v) is 7.48. The van der Waals surface area contributed by atoms with Gasteiger partial charge in [0.2, 0.25) is 0 Å². The van der Waals surface area contributed by atoms with E-state index in [1.807, 2.05) is 41.8 Å². The number of carbonyl (C=O) groups is 1. The van der Waals surface area contributed by atoms with Crippen molar-refractivity contribution in [3.8, 4) is 11.3 Å². The van der Waals surface area contributed by atoms with E-state index in [0.29, 0.717) is 29.3 Å². The van der Waals surface area contributed by atoms with Crippen molar-refractivity contribution in [1.29, 1.82) is 0 Å². The minimum atomic E-state index is -0.344. The second-order valence-electron chi connectivity index (χ2n) is 9.88. The zero-order chi connectivity index (χ0) is 25.5. The molecule has 5 heterocycles. The van der Waals surface area contributed by atoms with Crippen molar-refractivity contribution in [2.24, 2.45) is 5.92 Å². The van der Waals surface area contributed by atoms with E-state index in [1.54, 1.807) is 12.4 Å². The van der Waals surface area contributed by atoms with Crippen LogP contribution in [0.15, 0.2) is 55.0 Å². The summed E-state index contributed by atoms with van der Waals surface area (Å²) in [7, 11) is 0. The van der Waals surface area contributed by atoms with Gasteiger partial charge in [-0.05, 0) is 49.6 Å². The van der Waals surface area contributed by atoms with Gasteiger partial charge in [-0.2, -0.15) is 0 Å². The molecule has 37 heavy (non-hydrogen) atoms. The third kappa shape index (κ3) is 4.40. The van der Waals surface area contributed by atoms with Gasteiger partial charge in [-0.25, -0.2) is 14.4 Å². The highest BCUT2D eigenvalue weighted by atomic mass is 19.1. The van der Waals surface area contributed by atoms with Crippen molar-refractivity contribution in [3.05, 3.63) is 71.9 Å². The molecule has 0 spiro atoms. The lowest BCUT2D eigenvalue weighted by Gasteiger charge is -2.27. The number of pyridine rings is 2. The van der Waals surface area contributed by atoms with E-state index in [2.05, 4.69) is 25.5 Å². The number of hydrogen-bond donors (Lipinski definition) is 3. The van der Waals surface area contributed by atoms with E-state index in [1.165, 1.54) is 12.1 Å². The maximum Gasteiger partial charge on any atom is 0.254 e. The smallest absolute Gasteiger partial charge is 0.254 e. The first-order valence-electron chi connectivity index (χ1n) is 12.7. The van der Waals surface area contributed by atoms with Crippen LogP contribution >= 0.6 is 0 Å². The van der Waals surface area contributed by atoms with E-state index < -0.39 is 0 Å². The van der Waals surface area contributed by atoms with Crippen molar-refractivity contribution < 1.29 is 14.3 Å². The van der Waals surface area contributed by atoms with Gasteiger partial charge in [-0.1, -0.05) is 12.5 Å². The second kappa shape index (κ2) is 9.48. The molecule has 6 rings (SSSR count). The summed E-state index contributed by atoms with van der Waals surface area (Å²) < 4.78 is 15.5. The Kier molecular flexibility index (Phi) is 6.00. The summed E-state index contributed by atoms with van der Waals surface area (Å²) in [5, 5.41) is 16.4. The zero-order valence-electron chi connectivity index (χ0n) is 20.6. The lowest BCUT2D eigenvalue weighted by molar-refractivity contribution is 0.0966. The molecule has 1 fully saturated rings. The van der Waals surface area contributed by atoms with Gasteiger partial charge in [-0.3, -0.25) is 9.20 Å². The van der Waals surface area contributed by atoms with Gasteiger partial charge < -0.3 is 20.6 Å². The summed E-state index contributed by atoms with van der Waals surface area (Å²) in [6.07, 6.45) is 8.12. The first-order valence-corrected chi connectivity index (χ1v) is 12.7. The number of aliphatic hydroxyl groups is 1. The molecular formula is C28H29FN6O2. The molecule has 2 unspecified atom stereocenters. The average molecular weight is 501 g/mol. The fourth-order valence-corrected chi connectivity index (χ4v) is 5.44. The molecule has 3 aromatic heterocycles. The molecule has 2 aliphatic rings. The van der Waals surface area contributed by atoms with Crippen LogP contribution in [-0.4, -0.2) is 44.6 Å². The molecule has 0 radical (unpaired) electrons. The zero-order valence-corrected chi connectivity index (χ0v) is 20.6. The molecule has 0 saturated carbocycles. The first kappa shape index (κ1) is 23.4. The predicted molar refractivity (Wildman–Crippen MR) is 141 cm³/mol. The number of anilines is 3. The van der Waals surface area contributed by atoms with Gasteiger partial charge in [0.15, 0.2) is 0 Å². The van der Waals surface area contributed by atoms with Crippen LogP contribution < -0.4 is 15.5 Å². The average Bonchev–Trinajstić information content (AvgIpc) is 3.39. The summed E-state index contributed by atoms with van der Waals surface area (Å²) in [6.45, 7) is 4.04. The van der Waals surface area contributed by atoms with Crippen molar-refractivity contribution >= 4 is 28.7 Å². The second-order valence-corrected chi connectivity index (χ2v) is 9.88. The molecule has 4 aromatic rings. The largest absolute Gasteiger partial charge is 0.393 e. The van der Waals surface area contributed by atoms with Crippen LogP contribution in [-0.2, 0) is 6.54 Å². The normalized spacial score (nSPS) is 18.4. The Morgan fingerprint density at radius 2 is 2.05 bits per heavy atom. The number of rotatable bonds is 5. The van der Waals surface area contributed by atoms with Crippen LogP contribution in [0.3, 0.4) is 0 Å². The Labute approximate surface area is 214 Å². The minimum Gasteiger partial charge on any atom is -0.393 e. The van der Waals surface area contributed by atoms with E-state index in [-0.39, 0.29) is 23.7 Å². The Morgan fingerprint density at radius 1 is 1.16 bits per heavy atom. The number of imidazole rings is 1. The summed E-state index contributed by atoms with van der Waals surface area (Å²) in [5.41, 5.74) is 5.33. The Morgan fingerprint density at radius 3 is 2.86 bits per heavy atom. The first-order chi connectivity index (χ1) is 18.0. The number of benzene rings is 1. The van der Waals surface area contributed by atoms with Crippen LogP contribution in [0, 0.1) is 11.7 Å². The SMILES string of the molecule is CC(O)C1CCCCN(c2ccc(Nc3ccc(-c4cnc5cc(F)ccn45)c4c3C(=O)NC4)nc2)C1. The highest BCUT2D eigenvalue weighted by molar-refractivity contribution is 6.06. The molecule has 1 saturated heterocycles. The van der Waals surface area contributed by atoms with E-state index in [4.69, 9.17) is 0 Å². The van der Waals surface area contributed by atoms with Gasteiger partial charge >= 0.3 is 0 Å². The van der Waals surface area contributed by atoms with Gasteiger partial charge in [0.25, 0.3) is 5.91 Å². The van der Waals surface area contributed by atoms with Crippen molar-refractivity contribution in [1.82, 2.24) is 19.7 Å². The molecule has 190 valence electrons. The fourth-order valence-electron chi connectivity index (χ4n) is 5.44. The van der Waals surface area contributed by atoms with Gasteiger partial charge in [-0.15, -0.1) is 0 Å². The maximum atomic E-state index is 13.6. The van der Waals surface area contributed by atoms with Crippen LogP contribution in [0.1, 0.15) is 42.1 Å². The molecule has 2 aliphatic heterocycles. The highest BCUT2D eigenvalue weighted by Gasteiger charge is 2.27. The van der Waals surface area contributed by atoms with E-state index in [9.17, 15) is 14.3 Å². The Hall–Kier alpha value is -3.98. The van der Waals surface area contributed by atoms with Crippen molar-refractivity contribution in [2.75, 3.05) is 23.3 Å². The number of aliphatic hydroxyl groups excluding tert-OH is 1. The predicted octanol–water partition coefficient (Wildman–Crippen LogP) is 4.51. The molecule has 8 nitrogen and oxygen atoms in total. The van der Waals surface area contributed by atoms with Crippen molar-refractivity contribution in [3.63, 3.8) is 0 Å². The number of halogens is 1. The van der Waals surface area contributed by atoms with E-state index >= 15 is 0 Å². The van der Waals surface area contributed by atoms with Crippen LogP contribution in [0.2, 0.25) is 0 Å². The number of hydrogen-bond acceptors (Lipinski definition) is 6. The molecule has 0 bridgehead atoms. The van der Waals surface area contributed by atoms with Gasteiger partial charge in [0, 0.05) is 43.4 Å². The number of fused-ring (bicyclic) bond motifs is 2. The number of nitrogens with zero attached hydrogens (tertiary/aromatic N) is 4. The molecule has 0 aliphatic carbocycles. The maximum absolute atomic E-state index is 13.6. The Balaban J connectivity index is 1.28. The minimum absolute atomic E-state index is 0.149. The summed E-state index contributed by atoms with van der Waals surface area (Å²) in [4.78, 5) is 24.1. The van der Waals surface area contributed by atoms with Crippen LogP contribution in [0.4, 0.5) is 21.6 Å². The highest BCUT2D eigenvalue weighted by Crippen LogP contribution is 2.35. The third-order valence-electron chi connectivity index (χ3n) is 7.48. The molecule has 1 amide bonds. The van der Waals surface area contributed by atoms with Gasteiger partial charge in [0.05, 0.1) is 41.1 Å². The lowest BCUT2D eigenvalue weighted by atomic mass is 9.98. The number of carbonyl (C=O) groups excluding carboxylic acids is 1. The molecule has 1 aromatic carbocycles. The van der Waals surface area contributed by atoms with E-state index in [0.717, 1.165) is 54.9 Å². The standard InChI is InChI=1S/C28H29FN6O2/c1-17(36)18-4-2-3-10-34(16-18)20-5-8-25(30-13-20)33-23-7-6-21(22-14-32-28(37)27(22)23)24-15-31-26-12-19(29)9-11-35(24)26/h5-9,11-13,15,17-18,36H,2-4,10,14,16H2,1H3,(H,30,33)(H,32,37). The molecule has 3 N–H and O–H groups in total. The molecule has 2 atom stereocenters. The Bertz CT molecular complexity index is 1470. The molecule has 9 heteroatoms. The monoisotopic (exact) mass is 500 g/mol. The summed E-state index contributed by atoms with van der Waals surface area (Å²) in [6, 6.07) is 10.6. The van der Waals surface area contributed by atoms with Crippen molar-refractivity contribution in [2.45, 2.75) is 38.8 Å². The molecular weight excluding hydrogens is 471 g/mol. The van der Waals surface area contributed by atoms with Gasteiger partial charge in [0.1, 0.15) is 17.3 Å². The lowest BCUT2D eigenvalue weighted by Crippen LogP contribution is -2.32.